The number of carboxylic acid groups (broad SMARTS) is 1. The number of hydrogen-bond acceptors (Lipinski definition) is 11. The monoisotopic (exact) mass is 462 g/mol. The Bertz CT molecular complexity index is 1280. The fourth-order valence-corrected chi connectivity index (χ4v) is 3.42. The van der Waals surface area contributed by atoms with Gasteiger partial charge in [0.2, 0.25) is 6.29 Å². The van der Waals surface area contributed by atoms with E-state index in [1.807, 2.05) is 0 Å². The number of ether oxygens (including phenoxy) is 2. The standard InChI is InChI=1S/C21H18O12/c22-8-4-13-15(11(25)6-12(31-13)7-1-2-9(23)10(24)3-7)14(5-8)32-21-18(28)16(26)17(27)19(33-21)20(29)30/h1-6,16-19,21-24,26-28H,(H,29,30). The molecule has 2 aromatic carbocycles. The summed E-state index contributed by atoms with van der Waals surface area (Å²) in [5, 5.41) is 68.1. The number of phenols is 3. The summed E-state index contributed by atoms with van der Waals surface area (Å²) >= 11 is 0. The maximum Gasteiger partial charge on any atom is 0.335 e. The van der Waals surface area contributed by atoms with Gasteiger partial charge in [0.1, 0.15) is 46.5 Å². The number of rotatable bonds is 4. The SMILES string of the molecule is O=C(O)C1OC(Oc2cc(O)cc3oc(-c4ccc(O)c(O)c4)cc(=O)c23)C(O)C(O)C1O. The molecule has 174 valence electrons. The molecule has 1 aliphatic rings. The number of carboxylic acids is 1. The van der Waals surface area contributed by atoms with Crippen molar-refractivity contribution < 1.29 is 54.4 Å². The maximum atomic E-state index is 12.8. The van der Waals surface area contributed by atoms with Crippen LogP contribution in [0.4, 0.5) is 0 Å². The van der Waals surface area contributed by atoms with Crippen molar-refractivity contribution in [3.05, 3.63) is 46.6 Å². The topological polar surface area (TPSA) is 207 Å². The first kappa shape index (κ1) is 22.4. The van der Waals surface area contributed by atoms with E-state index in [4.69, 9.17) is 19.0 Å². The van der Waals surface area contributed by atoms with Crippen LogP contribution in [0, 0.1) is 0 Å². The summed E-state index contributed by atoms with van der Waals surface area (Å²) in [6.07, 6.45) is -9.50. The summed E-state index contributed by atoms with van der Waals surface area (Å²) in [4.78, 5) is 24.1. The van der Waals surface area contributed by atoms with E-state index >= 15 is 0 Å². The van der Waals surface area contributed by atoms with Crippen molar-refractivity contribution in [3.8, 4) is 34.3 Å². The second-order valence-corrected chi connectivity index (χ2v) is 7.35. The fraction of sp³-hybridized carbons (Fsp3) is 0.238. The first-order valence-corrected chi connectivity index (χ1v) is 9.49. The number of aromatic hydroxyl groups is 3. The summed E-state index contributed by atoms with van der Waals surface area (Å²) in [5.41, 5.74) is -0.599. The fourth-order valence-electron chi connectivity index (χ4n) is 3.42. The highest BCUT2D eigenvalue weighted by Gasteiger charge is 2.48. The van der Waals surface area contributed by atoms with E-state index in [1.54, 1.807) is 0 Å². The van der Waals surface area contributed by atoms with E-state index in [0.717, 1.165) is 24.3 Å². The third-order valence-electron chi connectivity index (χ3n) is 5.10. The van der Waals surface area contributed by atoms with Gasteiger partial charge in [-0.2, -0.15) is 0 Å². The van der Waals surface area contributed by atoms with E-state index in [0.29, 0.717) is 0 Å². The number of benzene rings is 2. The third-order valence-corrected chi connectivity index (χ3v) is 5.10. The molecule has 1 saturated heterocycles. The summed E-state index contributed by atoms with van der Waals surface area (Å²) in [7, 11) is 0. The lowest BCUT2D eigenvalue weighted by Gasteiger charge is -2.38. The predicted molar refractivity (Wildman–Crippen MR) is 108 cm³/mol. The van der Waals surface area contributed by atoms with Crippen molar-refractivity contribution in [3.63, 3.8) is 0 Å². The lowest BCUT2D eigenvalue weighted by molar-refractivity contribution is -0.270. The Morgan fingerprint density at radius 3 is 2.30 bits per heavy atom. The Morgan fingerprint density at radius 1 is 0.909 bits per heavy atom. The highest BCUT2D eigenvalue weighted by Crippen LogP contribution is 2.35. The van der Waals surface area contributed by atoms with Crippen LogP contribution in [0.3, 0.4) is 0 Å². The second-order valence-electron chi connectivity index (χ2n) is 7.35. The molecule has 5 atom stereocenters. The van der Waals surface area contributed by atoms with Gasteiger partial charge in [-0.05, 0) is 18.2 Å². The van der Waals surface area contributed by atoms with Crippen molar-refractivity contribution in [2.75, 3.05) is 0 Å². The zero-order chi connectivity index (χ0) is 24.0. The lowest BCUT2D eigenvalue weighted by Crippen LogP contribution is -2.61. The molecule has 12 nitrogen and oxygen atoms in total. The van der Waals surface area contributed by atoms with Gasteiger partial charge >= 0.3 is 5.97 Å². The summed E-state index contributed by atoms with van der Waals surface area (Å²) in [5.74, 6) is -3.25. The van der Waals surface area contributed by atoms with E-state index in [1.165, 1.54) is 12.1 Å². The van der Waals surface area contributed by atoms with Crippen LogP contribution in [0.1, 0.15) is 0 Å². The highest BCUT2D eigenvalue weighted by atomic mass is 16.7. The van der Waals surface area contributed by atoms with Gasteiger partial charge in [0.05, 0.1) is 0 Å². The molecule has 1 aliphatic heterocycles. The Hall–Kier alpha value is -3.84. The minimum atomic E-state index is -1.94. The van der Waals surface area contributed by atoms with Crippen LogP contribution in [0.25, 0.3) is 22.3 Å². The summed E-state index contributed by atoms with van der Waals surface area (Å²) < 4.78 is 16.1. The second kappa shape index (κ2) is 8.26. The van der Waals surface area contributed by atoms with Crippen LogP contribution in [-0.4, -0.2) is 72.4 Å². The molecule has 0 saturated carbocycles. The molecule has 0 amide bonds. The summed E-state index contributed by atoms with van der Waals surface area (Å²) in [6, 6.07) is 6.87. The number of aliphatic carboxylic acids is 1. The largest absolute Gasteiger partial charge is 0.508 e. The van der Waals surface area contributed by atoms with E-state index < -0.39 is 53.6 Å². The van der Waals surface area contributed by atoms with Gasteiger partial charge in [0.15, 0.2) is 23.0 Å². The van der Waals surface area contributed by atoms with E-state index in [9.17, 15) is 40.2 Å². The number of carbonyl (C=O) groups is 1. The van der Waals surface area contributed by atoms with Crippen LogP contribution in [-0.2, 0) is 9.53 Å². The molecule has 33 heavy (non-hydrogen) atoms. The molecule has 1 fully saturated rings. The van der Waals surface area contributed by atoms with Crippen LogP contribution in [0.15, 0.2) is 45.6 Å². The number of fused-ring (bicyclic) bond motifs is 1. The van der Waals surface area contributed by atoms with Crippen LogP contribution >= 0.6 is 0 Å². The van der Waals surface area contributed by atoms with Gasteiger partial charge in [-0.3, -0.25) is 4.79 Å². The van der Waals surface area contributed by atoms with Gasteiger partial charge < -0.3 is 49.6 Å². The number of hydrogen-bond donors (Lipinski definition) is 7. The Kier molecular flexibility index (Phi) is 5.59. The average molecular weight is 462 g/mol. The van der Waals surface area contributed by atoms with Crippen LogP contribution < -0.4 is 10.2 Å². The normalized spacial score (nSPS) is 25.1. The van der Waals surface area contributed by atoms with Crippen molar-refractivity contribution in [1.29, 1.82) is 0 Å². The van der Waals surface area contributed by atoms with Crippen LogP contribution in [0.2, 0.25) is 0 Å². The van der Waals surface area contributed by atoms with Crippen molar-refractivity contribution in [1.82, 2.24) is 0 Å². The van der Waals surface area contributed by atoms with Gasteiger partial charge in [0.25, 0.3) is 0 Å². The molecule has 0 spiro atoms. The molecule has 1 aromatic heterocycles. The van der Waals surface area contributed by atoms with Crippen molar-refractivity contribution >= 4 is 16.9 Å². The molecule has 7 N–H and O–H groups in total. The predicted octanol–water partition coefficient (Wildman–Crippen LogP) is -0.152. The van der Waals surface area contributed by atoms with Gasteiger partial charge in [-0.1, -0.05) is 0 Å². The Balaban J connectivity index is 1.76. The van der Waals surface area contributed by atoms with Crippen LogP contribution in [0.5, 0.6) is 23.0 Å². The molecule has 0 bridgehead atoms. The first-order chi connectivity index (χ1) is 15.6. The Labute approximate surface area is 183 Å². The molecule has 3 aromatic rings. The summed E-state index contributed by atoms with van der Waals surface area (Å²) in [6.45, 7) is 0. The van der Waals surface area contributed by atoms with Gasteiger partial charge in [-0.25, -0.2) is 4.79 Å². The van der Waals surface area contributed by atoms with Crippen molar-refractivity contribution in [2.24, 2.45) is 0 Å². The van der Waals surface area contributed by atoms with Gasteiger partial charge in [-0.15, -0.1) is 0 Å². The van der Waals surface area contributed by atoms with Crippen molar-refractivity contribution in [2.45, 2.75) is 30.7 Å². The average Bonchev–Trinajstić information content (AvgIpc) is 2.75. The number of phenolic OH excluding ortho intramolecular Hbond substituents is 3. The third kappa shape index (κ3) is 4.03. The lowest BCUT2D eigenvalue weighted by atomic mass is 9.99. The zero-order valence-electron chi connectivity index (χ0n) is 16.5. The molecule has 12 heteroatoms. The molecule has 0 radical (unpaired) electrons. The maximum absolute atomic E-state index is 12.8. The van der Waals surface area contributed by atoms with E-state index in [-0.39, 0.29) is 33.8 Å². The molecule has 0 aliphatic carbocycles. The smallest absolute Gasteiger partial charge is 0.335 e. The minimum absolute atomic E-state index is 0.0159. The number of aliphatic hydroxyl groups excluding tert-OH is 3. The minimum Gasteiger partial charge on any atom is -0.508 e. The first-order valence-electron chi connectivity index (χ1n) is 9.49. The molecular weight excluding hydrogens is 444 g/mol. The molecule has 5 unspecified atom stereocenters. The van der Waals surface area contributed by atoms with E-state index in [2.05, 4.69) is 0 Å². The quantitative estimate of drug-likeness (QED) is 0.253. The highest BCUT2D eigenvalue weighted by molar-refractivity contribution is 5.86. The zero-order valence-corrected chi connectivity index (χ0v) is 16.5. The van der Waals surface area contributed by atoms with Gasteiger partial charge in [0, 0.05) is 23.8 Å². The molecule has 2 heterocycles. The molecule has 4 rings (SSSR count). The number of aliphatic hydroxyl groups is 3. The molecular formula is C21H18O12. The Morgan fingerprint density at radius 2 is 1.64 bits per heavy atom.